The number of amides is 1. The molecule has 3 heterocycles. The third-order valence-corrected chi connectivity index (χ3v) is 3.37. The zero-order valence-electron chi connectivity index (χ0n) is 10.3. The highest BCUT2D eigenvalue weighted by molar-refractivity contribution is 5.88. The van der Waals surface area contributed by atoms with Gasteiger partial charge in [-0.25, -0.2) is 4.79 Å². The Morgan fingerprint density at radius 1 is 1.61 bits per heavy atom. The van der Waals surface area contributed by atoms with Gasteiger partial charge in [-0.05, 0) is 5.92 Å². The molecule has 3 aliphatic rings. The highest BCUT2D eigenvalue weighted by Gasteiger charge is 2.60. The van der Waals surface area contributed by atoms with E-state index in [4.69, 9.17) is 9.47 Å². The fourth-order valence-electron chi connectivity index (χ4n) is 2.55. The molecule has 2 bridgehead atoms. The lowest BCUT2D eigenvalue weighted by atomic mass is 9.90. The minimum absolute atomic E-state index is 0.0233. The molecule has 0 saturated carbocycles. The first-order chi connectivity index (χ1) is 8.58. The van der Waals surface area contributed by atoms with E-state index >= 15 is 0 Å². The van der Waals surface area contributed by atoms with Gasteiger partial charge in [0.05, 0.1) is 12.7 Å². The van der Waals surface area contributed by atoms with Gasteiger partial charge in [-0.3, -0.25) is 4.79 Å². The van der Waals surface area contributed by atoms with Crippen LogP contribution in [0, 0.1) is 5.92 Å². The van der Waals surface area contributed by atoms with Crippen molar-refractivity contribution in [3.8, 4) is 0 Å². The Morgan fingerprint density at radius 2 is 2.39 bits per heavy atom. The zero-order valence-corrected chi connectivity index (χ0v) is 10.3. The van der Waals surface area contributed by atoms with Crippen LogP contribution in [0.5, 0.6) is 0 Å². The first kappa shape index (κ1) is 11.6. The van der Waals surface area contributed by atoms with Crippen molar-refractivity contribution in [3.05, 3.63) is 0 Å². The maximum atomic E-state index is 11.9. The molecule has 0 aromatic heterocycles. The molecule has 18 heavy (non-hydrogen) atoms. The Kier molecular flexibility index (Phi) is 2.58. The number of nitrogens with zero attached hydrogens (tertiary/aromatic N) is 3. The summed E-state index contributed by atoms with van der Waals surface area (Å²) in [6.45, 7) is 4.22. The lowest BCUT2D eigenvalue weighted by molar-refractivity contribution is -0.123. The summed E-state index contributed by atoms with van der Waals surface area (Å²) in [5.41, 5.74) is 0. The van der Waals surface area contributed by atoms with Crippen molar-refractivity contribution in [2.75, 3.05) is 6.61 Å². The molecule has 7 nitrogen and oxygen atoms in total. The molecule has 3 rings (SSSR count). The smallest absolute Gasteiger partial charge is 0.432 e. The topological polar surface area (TPSA) is 80.6 Å². The van der Waals surface area contributed by atoms with Gasteiger partial charge in [-0.2, -0.15) is 10.1 Å². The second kappa shape index (κ2) is 4.01. The molecule has 0 aliphatic carbocycles. The molecule has 98 valence electrons. The van der Waals surface area contributed by atoms with Crippen LogP contribution in [-0.4, -0.2) is 47.8 Å². The van der Waals surface area contributed by atoms with Crippen molar-refractivity contribution in [2.45, 2.75) is 44.6 Å². The summed E-state index contributed by atoms with van der Waals surface area (Å²) in [6.07, 6.45) is -0.982. The highest BCUT2D eigenvalue weighted by Crippen LogP contribution is 2.40. The summed E-state index contributed by atoms with van der Waals surface area (Å²) in [5, 5.41) is 9.00. The minimum atomic E-state index is -0.582. The van der Waals surface area contributed by atoms with Gasteiger partial charge in [-0.15, -0.1) is 0 Å². The van der Waals surface area contributed by atoms with Gasteiger partial charge in [0.25, 0.3) is 0 Å². The molecule has 0 aromatic rings. The molecule has 2 saturated heterocycles. The van der Waals surface area contributed by atoms with E-state index < -0.39 is 18.2 Å². The first-order valence-corrected chi connectivity index (χ1v) is 6.13. The van der Waals surface area contributed by atoms with E-state index in [1.54, 1.807) is 0 Å². The molecule has 0 aromatic carbocycles. The first-order valence-electron chi connectivity index (χ1n) is 6.13. The molecule has 0 unspecified atom stereocenters. The number of carbonyl (C=O) groups is 2. The lowest BCUT2D eigenvalue weighted by Gasteiger charge is -2.23. The number of rotatable bonds is 2. The van der Waals surface area contributed by atoms with E-state index in [0.29, 0.717) is 13.0 Å². The molecule has 3 aliphatic heterocycles. The standard InChI is InChI=1S/C11H15N3O4/c1-5(2)4-17-11(16)14-9-8(12-13-14)7-3-6(15)10(9)18-7/h5,7-10H,3-4H2,1-2H3/t7-,8+,9-,10-/m0/s1. The Morgan fingerprint density at radius 3 is 3.11 bits per heavy atom. The monoisotopic (exact) mass is 253 g/mol. The second-order valence-electron chi connectivity index (χ2n) is 5.27. The number of hydrogen-bond donors (Lipinski definition) is 0. The van der Waals surface area contributed by atoms with Crippen LogP contribution < -0.4 is 0 Å². The molecule has 7 heteroatoms. The van der Waals surface area contributed by atoms with Crippen LogP contribution in [-0.2, 0) is 14.3 Å². The molecule has 1 amide bonds. The van der Waals surface area contributed by atoms with Crippen molar-refractivity contribution < 1.29 is 19.1 Å². The number of ketones is 1. The van der Waals surface area contributed by atoms with Crippen LogP contribution in [0.1, 0.15) is 20.3 Å². The van der Waals surface area contributed by atoms with Gasteiger partial charge in [0.2, 0.25) is 0 Å². The average Bonchev–Trinajstić information content (AvgIpc) is 2.95. The normalized spacial score (nSPS) is 36.6. The molecule has 2 fully saturated rings. The maximum Gasteiger partial charge on any atom is 0.432 e. The fraction of sp³-hybridized carbons (Fsp3) is 0.818. The molecule has 0 N–H and O–H groups in total. The van der Waals surface area contributed by atoms with E-state index in [1.165, 1.54) is 0 Å². The number of carbonyl (C=O) groups excluding carboxylic acids is 2. The summed E-state index contributed by atoms with van der Waals surface area (Å²) >= 11 is 0. The second-order valence-corrected chi connectivity index (χ2v) is 5.27. The average molecular weight is 253 g/mol. The van der Waals surface area contributed by atoms with Crippen LogP contribution in [0.3, 0.4) is 0 Å². The van der Waals surface area contributed by atoms with Crippen molar-refractivity contribution in [1.82, 2.24) is 5.01 Å². The number of Topliss-reactive ketones (excluding diaryl/α,β-unsaturated/α-hetero) is 1. The van der Waals surface area contributed by atoms with Crippen molar-refractivity contribution in [1.29, 1.82) is 0 Å². The molecule has 0 radical (unpaired) electrons. The molecular weight excluding hydrogens is 238 g/mol. The minimum Gasteiger partial charge on any atom is -0.448 e. The van der Waals surface area contributed by atoms with Gasteiger partial charge in [-0.1, -0.05) is 19.1 Å². The predicted molar refractivity (Wildman–Crippen MR) is 58.7 cm³/mol. The number of fused-ring (bicyclic) bond motifs is 5. The van der Waals surface area contributed by atoms with Gasteiger partial charge in [0.15, 0.2) is 5.78 Å². The number of hydrogen-bond acceptors (Lipinski definition) is 6. The van der Waals surface area contributed by atoms with E-state index in [9.17, 15) is 9.59 Å². The molecule has 0 spiro atoms. The SMILES string of the molecule is CC(C)COC(=O)N1N=N[C@H]2[C@H]1[C@H]1O[C@H]2CC1=O. The third-order valence-electron chi connectivity index (χ3n) is 3.37. The van der Waals surface area contributed by atoms with Gasteiger partial charge in [0.1, 0.15) is 18.2 Å². The maximum absolute atomic E-state index is 11.9. The predicted octanol–water partition coefficient (Wildman–Crippen LogP) is 0.939. The quantitative estimate of drug-likeness (QED) is 0.733. The van der Waals surface area contributed by atoms with E-state index in [1.807, 2.05) is 13.8 Å². The largest absolute Gasteiger partial charge is 0.448 e. The van der Waals surface area contributed by atoms with Crippen LogP contribution in [0.2, 0.25) is 0 Å². The summed E-state index contributed by atoms with van der Waals surface area (Å²) < 4.78 is 10.6. The Hall–Kier alpha value is -1.50. The van der Waals surface area contributed by atoms with Gasteiger partial charge >= 0.3 is 6.09 Å². The van der Waals surface area contributed by atoms with Crippen molar-refractivity contribution in [3.63, 3.8) is 0 Å². The van der Waals surface area contributed by atoms with E-state index in [0.717, 1.165) is 5.01 Å². The fourth-order valence-corrected chi connectivity index (χ4v) is 2.55. The highest BCUT2D eigenvalue weighted by atomic mass is 16.6. The van der Waals surface area contributed by atoms with Crippen LogP contribution in [0.4, 0.5) is 4.79 Å². The van der Waals surface area contributed by atoms with Crippen LogP contribution >= 0.6 is 0 Å². The summed E-state index contributed by atoms with van der Waals surface area (Å²) in [7, 11) is 0. The third kappa shape index (κ3) is 1.61. The summed E-state index contributed by atoms with van der Waals surface area (Å²) in [4.78, 5) is 23.5. The van der Waals surface area contributed by atoms with Gasteiger partial charge < -0.3 is 9.47 Å². The summed E-state index contributed by atoms with van der Waals surface area (Å²) in [5.74, 6) is 0.275. The lowest BCUT2D eigenvalue weighted by Crippen LogP contribution is -2.49. The van der Waals surface area contributed by atoms with Crippen molar-refractivity contribution >= 4 is 11.9 Å². The van der Waals surface area contributed by atoms with Crippen molar-refractivity contribution in [2.24, 2.45) is 16.3 Å². The Bertz CT molecular complexity index is 423. The van der Waals surface area contributed by atoms with Gasteiger partial charge in [0, 0.05) is 6.42 Å². The molecule has 4 atom stereocenters. The number of ether oxygens (including phenoxy) is 2. The van der Waals surface area contributed by atoms with Crippen LogP contribution in [0.25, 0.3) is 0 Å². The summed E-state index contributed by atoms with van der Waals surface area (Å²) in [6, 6.07) is -0.616. The van der Waals surface area contributed by atoms with E-state index in [2.05, 4.69) is 10.3 Å². The van der Waals surface area contributed by atoms with E-state index in [-0.39, 0.29) is 23.8 Å². The Labute approximate surface area is 104 Å². The Balaban J connectivity index is 1.70. The zero-order chi connectivity index (χ0) is 12.9. The molecular formula is C11H15N3O4. The van der Waals surface area contributed by atoms with Crippen LogP contribution in [0.15, 0.2) is 10.3 Å².